The van der Waals surface area contributed by atoms with Crippen molar-refractivity contribution in [1.82, 2.24) is 25.1 Å². The number of aromatic nitrogens is 4. The van der Waals surface area contributed by atoms with Gasteiger partial charge < -0.3 is 5.32 Å². The van der Waals surface area contributed by atoms with Crippen LogP contribution in [-0.2, 0) is 6.54 Å². The van der Waals surface area contributed by atoms with Crippen molar-refractivity contribution in [2.45, 2.75) is 39.8 Å². The number of pyridine rings is 1. The minimum absolute atomic E-state index is 0.110. The van der Waals surface area contributed by atoms with Crippen LogP contribution in [0, 0.1) is 6.92 Å². The molecule has 2 aromatic rings. The van der Waals surface area contributed by atoms with Gasteiger partial charge in [-0.1, -0.05) is 0 Å². The molecule has 0 unspecified atom stereocenters. The van der Waals surface area contributed by atoms with Gasteiger partial charge in [0.15, 0.2) is 5.82 Å². The fraction of sp³-hybridized carbons (Fsp3) is 0.462. The minimum atomic E-state index is 0.110. The van der Waals surface area contributed by atoms with Crippen LogP contribution in [0.25, 0.3) is 5.82 Å². The molecule has 0 spiro atoms. The summed E-state index contributed by atoms with van der Waals surface area (Å²) >= 11 is 0. The summed E-state index contributed by atoms with van der Waals surface area (Å²) in [5.41, 5.74) is 2.37. The molecule has 0 saturated carbocycles. The van der Waals surface area contributed by atoms with Crippen molar-refractivity contribution < 1.29 is 0 Å². The molecule has 0 aliphatic heterocycles. The molecule has 0 fully saturated rings. The molecule has 0 aromatic carbocycles. The van der Waals surface area contributed by atoms with Gasteiger partial charge in [-0.25, -0.2) is 14.6 Å². The Balaban J connectivity index is 2.15. The van der Waals surface area contributed by atoms with E-state index in [1.54, 1.807) is 11.0 Å². The van der Waals surface area contributed by atoms with Gasteiger partial charge in [-0.05, 0) is 44.9 Å². The standard InChI is InChI=1S/C13H19N5/c1-10-5-11(7-16-13(2,3)4)6-15-12(10)18-9-14-8-17-18/h5-6,8-9,16H,7H2,1-4H3. The highest BCUT2D eigenvalue weighted by molar-refractivity contribution is 5.34. The highest BCUT2D eigenvalue weighted by Crippen LogP contribution is 2.12. The van der Waals surface area contributed by atoms with Gasteiger partial charge in [0.25, 0.3) is 0 Å². The SMILES string of the molecule is Cc1cc(CNC(C)(C)C)cnc1-n1cncn1. The van der Waals surface area contributed by atoms with Gasteiger partial charge in [-0.3, -0.25) is 0 Å². The van der Waals surface area contributed by atoms with E-state index >= 15 is 0 Å². The van der Waals surface area contributed by atoms with Gasteiger partial charge >= 0.3 is 0 Å². The Kier molecular flexibility index (Phi) is 3.43. The van der Waals surface area contributed by atoms with E-state index in [1.165, 1.54) is 11.9 Å². The first kappa shape index (κ1) is 12.7. The van der Waals surface area contributed by atoms with Crippen molar-refractivity contribution in [1.29, 1.82) is 0 Å². The number of rotatable bonds is 3. The molecule has 0 amide bonds. The predicted octanol–water partition coefficient (Wildman–Crippen LogP) is 1.86. The fourth-order valence-corrected chi connectivity index (χ4v) is 1.65. The van der Waals surface area contributed by atoms with Crippen LogP contribution in [0.2, 0.25) is 0 Å². The molecular formula is C13H19N5. The van der Waals surface area contributed by atoms with E-state index in [4.69, 9.17) is 0 Å². The second-order valence-corrected chi connectivity index (χ2v) is 5.43. The van der Waals surface area contributed by atoms with Crippen LogP contribution in [0.15, 0.2) is 24.9 Å². The molecule has 0 aliphatic rings. The lowest BCUT2D eigenvalue weighted by Crippen LogP contribution is -2.35. The molecule has 2 aromatic heterocycles. The lowest BCUT2D eigenvalue weighted by molar-refractivity contribution is 0.424. The third-order valence-corrected chi connectivity index (χ3v) is 2.57. The zero-order chi connectivity index (χ0) is 13.2. The third-order valence-electron chi connectivity index (χ3n) is 2.57. The number of aryl methyl sites for hydroxylation is 1. The van der Waals surface area contributed by atoms with E-state index < -0.39 is 0 Å². The lowest BCUT2D eigenvalue weighted by Gasteiger charge is -2.20. The van der Waals surface area contributed by atoms with Crippen molar-refractivity contribution in [3.05, 3.63) is 36.0 Å². The molecule has 18 heavy (non-hydrogen) atoms. The maximum absolute atomic E-state index is 4.44. The summed E-state index contributed by atoms with van der Waals surface area (Å²) in [6.45, 7) is 9.30. The van der Waals surface area contributed by atoms with Crippen molar-refractivity contribution in [3.63, 3.8) is 0 Å². The van der Waals surface area contributed by atoms with Gasteiger partial charge in [-0.15, -0.1) is 0 Å². The van der Waals surface area contributed by atoms with E-state index in [0.29, 0.717) is 0 Å². The number of hydrogen-bond acceptors (Lipinski definition) is 4. The Bertz CT molecular complexity index is 511. The zero-order valence-corrected chi connectivity index (χ0v) is 11.3. The topological polar surface area (TPSA) is 55.6 Å². The molecule has 1 N–H and O–H groups in total. The fourth-order valence-electron chi connectivity index (χ4n) is 1.65. The highest BCUT2D eigenvalue weighted by atomic mass is 15.3. The summed E-state index contributed by atoms with van der Waals surface area (Å²) in [4.78, 5) is 8.37. The van der Waals surface area contributed by atoms with Crippen molar-refractivity contribution >= 4 is 0 Å². The van der Waals surface area contributed by atoms with Gasteiger partial charge in [0.2, 0.25) is 0 Å². The van der Waals surface area contributed by atoms with Crippen LogP contribution < -0.4 is 5.32 Å². The zero-order valence-electron chi connectivity index (χ0n) is 11.3. The van der Waals surface area contributed by atoms with E-state index in [9.17, 15) is 0 Å². The smallest absolute Gasteiger partial charge is 0.158 e. The second-order valence-electron chi connectivity index (χ2n) is 5.43. The summed E-state index contributed by atoms with van der Waals surface area (Å²) in [5.74, 6) is 0.826. The van der Waals surface area contributed by atoms with Crippen LogP contribution in [-0.4, -0.2) is 25.3 Å². The molecule has 96 valence electrons. The van der Waals surface area contributed by atoms with Crippen LogP contribution in [0.4, 0.5) is 0 Å². The summed E-state index contributed by atoms with van der Waals surface area (Å²) < 4.78 is 1.68. The van der Waals surface area contributed by atoms with E-state index in [-0.39, 0.29) is 5.54 Å². The second kappa shape index (κ2) is 4.86. The number of hydrogen-bond donors (Lipinski definition) is 1. The molecule has 5 nitrogen and oxygen atoms in total. The molecule has 5 heteroatoms. The number of nitrogens with zero attached hydrogens (tertiary/aromatic N) is 4. The predicted molar refractivity (Wildman–Crippen MR) is 70.5 cm³/mol. The van der Waals surface area contributed by atoms with Crippen LogP contribution in [0.1, 0.15) is 31.9 Å². The van der Waals surface area contributed by atoms with Crippen molar-refractivity contribution in [2.24, 2.45) is 0 Å². The maximum atomic E-state index is 4.44. The average Bonchev–Trinajstić information content (AvgIpc) is 2.79. The number of nitrogens with one attached hydrogen (secondary N) is 1. The summed E-state index contributed by atoms with van der Waals surface area (Å²) in [5, 5.41) is 7.53. The molecule has 0 saturated heterocycles. The summed E-state index contributed by atoms with van der Waals surface area (Å²) in [6, 6.07) is 2.13. The van der Waals surface area contributed by atoms with Crippen LogP contribution in [0.3, 0.4) is 0 Å². The average molecular weight is 245 g/mol. The Morgan fingerprint density at radius 3 is 2.67 bits per heavy atom. The monoisotopic (exact) mass is 245 g/mol. The molecule has 0 radical (unpaired) electrons. The Labute approximate surface area is 107 Å². The normalized spacial score (nSPS) is 11.8. The van der Waals surface area contributed by atoms with Gasteiger partial charge in [0.1, 0.15) is 12.7 Å². The summed E-state index contributed by atoms with van der Waals surface area (Å²) in [6.07, 6.45) is 5.04. The van der Waals surface area contributed by atoms with Gasteiger partial charge in [0, 0.05) is 18.3 Å². The molecule has 2 heterocycles. The van der Waals surface area contributed by atoms with Crippen LogP contribution in [0.5, 0.6) is 0 Å². The molecule has 0 atom stereocenters. The largest absolute Gasteiger partial charge is 0.308 e. The van der Waals surface area contributed by atoms with Crippen molar-refractivity contribution in [2.75, 3.05) is 0 Å². The Hall–Kier alpha value is -1.75. The summed E-state index contributed by atoms with van der Waals surface area (Å²) in [7, 11) is 0. The Morgan fingerprint density at radius 2 is 2.11 bits per heavy atom. The van der Waals surface area contributed by atoms with Crippen LogP contribution >= 0.6 is 0 Å². The molecule has 0 aliphatic carbocycles. The molecule has 2 rings (SSSR count). The maximum Gasteiger partial charge on any atom is 0.158 e. The third kappa shape index (κ3) is 3.13. The quantitative estimate of drug-likeness (QED) is 0.896. The highest BCUT2D eigenvalue weighted by Gasteiger charge is 2.10. The Morgan fingerprint density at radius 1 is 1.33 bits per heavy atom. The van der Waals surface area contributed by atoms with Gasteiger partial charge in [0.05, 0.1) is 0 Å². The van der Waals surface area contributed by atoms with Crippen molar-refractivity contribution in [3.8, 4) is 5.82 Å². The van der Waals surface area contributed by atoms with Gasteiger partial charge in [-0.2, -0.15) is 5.10 Å². The van der Waals surface area contributed by atoms with E-state index in [2.05, 4.69) is 47.2 Å². The molecular weight excluding hydrogens is 226 g/mol. The first-order chi connectivity index (χ1) is 8.46. The lowest BCUT2D eigenvalue weighted by atomic mass is 10.1. The minimum Gasteiger partial charge on any atom is -0.308 e. The molecule has 0 bridgehead atoms. The first-order valence-electron chi connectivity index (χ1n) is 6.01. The van der Waals surface area contributed by atoms with E-state index in [0.717, 1.165) is 17.9 Å². The van der Waals surface area contributed by atoms with E-state index in [1.807, 2.05) is 13.1 Å². The first-order valence-corrected chi connectivity index (χ1v) is 6.01.